The molecule has 1 fully saturated rings. The Morgan fingerprint density at radius 1 is 1.75 bits per heavy atom. The van der Waals surface area contributed by atoms with Crippen LogP contribution in [0.1, 0.15) is 29.9 Å². The molecule has 1 aliphatic rings. The summed E-state index contributed by atoms with van der Waals surface area (Å²) in [6, 6.07) is 0.215. The van der Waals surface area contributed by atoms with Crippen molar-refractivity contribution in [3.8, 4) is 0 Å². The van der Waals surface area contributed by atoms with Gasteiger partial charge in [0.2, 0.25) is 0 Å². The van der Waals surface area contributed by atoms with Crippen LogP contribution in [0.25, 0.3) is 0 Å². The predicted octanol–water partition coefficient (Wildman–Crippen LogP) is 0.411. The van der Waals surface area contributed by atoms with Crippen molar-refractivity contribution in [2.24, 2.45) is 0 Å². The summed E-state index contributed by atoms with van der Waals surface area (Å²) < 4.78 is 6.58. The van der Waals surface area contributed by atoms with Crippen LogP contribution in [0.3, 0.4) is 0 Å². The third-order valence-corrected chi connectivity index (χ3v) is 2.44. The van der Waals surface area contributed by atoms with E-state index < -0.39 is 0 Å². The summed E-state index contributed by atoms with van der Waals surface area (Å²) in [5.74, 6) is -0.352. The summed E-state index contributed by atoms with van der Waals surface area (Å²) in [6.45, 7) is 3.93. The molecular formula is C9H15ClN4O2. The molecule has 90 valence electrons. The lowest BCUT2D eigenvalue weighted by atomic mass is 10.2. The quantitative estimate of drug-likeness (QED) is 0.783. The first kappa shape index (κ1) is 12.9. The van der Waals surface area contributed by atoms with Crippen molar-refractivity contribution in [2.45, 2.75) is 19.4 Å². The minimum Gasteiger partial charge on any atom is -0.461 e. The van der Waals surface area contributed by atoms with Gasteiger partial charge in [0.1, 0.15) is 0 Å². The van der Waals surface area contributed by atoms with Gasteiger partial charge in [0.05, 0.1) is 18.8 Å². The minimum absolute atomic E-state index is 0. The van der Waals surface area contributed by atoms with E-state index in [1.807, 2.05) is 0 Å². The molecule has 1 aromatic heterocycles. The highest BCUT2D eigenvalue weighted by molar-refractivity contribution is 5.87. The zero-order valence-electron chi connectivity index (χ0n) is 9.05. The van der Waals surface area contributed by atoms with Crippen LogP contribution in [0.15, 0.2) is 6.20 Å². The number of hydrogen-bond acceptors (Lipinski definition) is 5. The molecule has 0 amide bonds. The van der Waals surface area contributed by atoms with Crippen molar-refractivity contribution < 1.29 is 9.53 Å². The Labute approximate surface area is 99.8 Å². The van der Waals surface area contributed by atoms with E-state index in [0.29, 0.717) is 12.3 Å². The van der Waals surface area contributed by atoms with Gasteiger partial charge in [0, 0.05) is 6.54 Å². The Morgan fingerprint density at radius 2 is 2.56 bits per heavy atom. The molecule has 6 nitrogen and oxygen atoms in total. The summed E-state index contributed by atoms with van der Waals surface area (Å²) in [5.41, 5.74) is 0.436. The Balaban J connectivity index is 0.00000128. The molecular weight excluding hydrogens is 232 g/mol. The summed E-state index contributed by atoms with van der Waals surface area (Å²) >= 11 is 0. The molecule has 0 saturated carbocycles. The van der Waals surface area contributed by atoms with Crippen molar-refractivity contribution in [2.75, 3.05) is 19.7 Å². The van der Waals surface area contributed by atoms with Crippen LogP contribution in [-0.2, 0) is 4.74 Å². The first-order chi connectivity index (χ1) is 7.33. The van der Waals surface area contributed by atoms with Crippen molar-refractivity contribution >= 4 is 18.4 Å². The van der Waals surface area contributed by atoms with E-state index in [4.69, 9.17) is 4.74 Å². The number of hydrogen-bond donors (Lipinski definition) is 1. The van der Waals surface area contributed by atoms with Crippen molar-refractivity contribution in [3.05, 3.63) is 11.9 Å². The third kappa shape index (κ3) is 2.51. The van der Waals surface area contributed by atoms with Gasteiger partial charge in [-0.15, -0.1) is 17.5 Å². The summed E-state index contributed by atoms with van der Waals surface area (Å²) in [6.07, 6.45) is 2.42. The van der Waals surface area contributed by atoms with Gasteiger partial charge in [-0.25, -0.2) is 9.48 Å². The fourth-order valence-corrected chi connectivity index (χ4v) is 1.71. The second kappa shape index (κ2) is 5.81. The summed E-state index contributed by atoms with van der Waals surface area (Å²) in [5, 5.41) is 10.9. The van der Waals surface area contributed by atoms with Crippen molar-refractivity contribution in [1.82, 2.24) is 20.3 Å². The molecule has 16 heavy (non-hydrogen) atoms. The average Bonchev–Trinajstić information content (AvgIpc) is 2.88. The zero-order valence-corrected chi connectivity index (χ0v) is 9.87. The van der Waals surface area contributed by atoms with Gasteiger partial charge in [-0.1, -0.05) is 5.21 Å². The van der Waals surface area contributed by atoms with Gasteiger partial charge in [0.15, 0.2) is 5.69 Å². The van der Waals surface area contributed by atoms with Gasteiger partial charge in [-0.05, 0) is 19.9 Å². The Kier molecular flexibility index (Phi) is 4.70. The number of carbonyl (C=O) groups excluding carboxylic acids is 1. The second-order valence-corrected chi connectivity index (χ2v) is 3.43. The highest BCUT2D eigenvalue weighted by atomic mass is 35.5. The lowest BCUT2D eigenvalue weighted by Crippen LogP contribution is -2.20. The predicted molar refractivity (Wildman–Crippen MR) is 59.8 cm³/mol. The number of nitrogens with one attached hydrogen (secondary N) is 1. The number of carbonyl (C=O) groups is 1. The third-order valence-electron chi connectivity index (χ3n) is 2.44. The molecule has 1 aliphatic heterocycles. The second-order valence-electron chi connectivity index (χ2n) is 3.43. The van der Waals surface area contributed by atoms with E-state index >= 15 is 0 Å². The molecule has 1 aromatic rings. The van der Waals surface area contributed by atoms with Crippen LogP contribution in [0.5, 0.6) is 0 Å². The molecule has 1 unspecified atom stereocenters. The summed E-state index contributed by atoms with van der Waals surface area (Å²) in [4.78, 5) is 11.5. The maximum Gasteiger partial charge on any atom is 0.358 e. The van der Waals surface area contributed by atoms with Crippen molar-refractivity contribution in [1.29, 1.82) is 0 Å². The van der Waals surface area contributed by atoms with Crippen LogP contribution in [0, 0.1) is 0 Å². The first-order valence-corrected chi connectivity index (χ1v) is 5.11. The molecule has 1 atom stereocenters. The van der Waals surface area contributed by atoms with Gasteiger partial charge in [-0.2, -0.15) is 0 Å². The van der Waals surface area contributed by atoms with Gasteiger partial charge >= 0.3 is 5.97 Å². The van der Waals surface area contributed by atoms with Gasteiger partial charge in [-0.3, -0.25) is 0 Å². The van der Waals surface area contributed by atoms with Gasteiger partial charge in [0.25, 0.3) is 0 Å². The number of ether oxygens (including phenoxy) is 1. The van der Waals surface area contributed by atoms with Gasteiger partial charge < -0.3 is 10.1 Å². The number of rotatable bonds is 3. The summed E-state index contributed by atoms with van der Waals surface area (Å²) in [7, 11) is 0. The SMILES string of the molecule is CCOC(=O)c1cnnn1C1CCNC1.Cl. The molecule has 1 N–H and O–H groups in total. The maximum absolute atomic E-state index is 11.5. The molecule has 0 spiro atoms. The lowest BCUT2D eigenvalue weighted by Gasteiger charge is -2.10. The normalized spacial score (nSPS) is 19.2. The zero-order chi connectivity index (χ0) is 10.7. The fourth-order valence-electron chi connectivity index (χ4n) is 1.71. The van der Waals surface area contributed by atoms with Crippen LogP contribution in [0.2, 0.25) is 0 Å². The maximum atomic E-state index is 11.5. The van der Waals surface area contributed by atoms with Crippen LogP contribution in [0.4, 0.5) is 0 Å². The smallest absolute Gasteiger partial charge is 0.358 e. The van der Waals surface area contributed by atoms with E-state index in [1.165, 1.54) is 6.20 Å². The van der Waals surface area contributed by atoms with E-state index in [1.54, 1.807) is 11.6 Å². The van der Waals surface area contributed by atoms with Crippen LogP contribution >= 0.6 is 12.4 Å². The Bertz CT molecular complexity index is 349. The van der Waals surface area contributed by atoms with Crippen LogP contribution < -0.4 is 5.32 Å². The largest absolute Gasteiger partial charge is 0.461 e. The molecule has 2 rings (SSSR count). The number of nitrogens with zero attached hydrogens (tertiary/aromatic N) is 3. The molecule has 0 aliphatic carbocycles. The van der Waals surface area contributed by atoms with E-state index in [0.717, 1.165) is 19.5 Å². The van der Waals surface area contributed by atoms with Crippen LogP contribution in [-0.4, -0.2) is 40.7 Å². The number of esters is 1. The fraction of sp³-hybridized carbons (Fsp3) is 0.667. The number of halogens is 1. The molecule has 0 aromatic carbocycles. The highest BCUT2D eigenvalue weighted by Gasteiger charge is 2.23. The molecule has 7 heteroatoms. The Morgan fingerprint density at radius 3 is 3.19 bits per heavy atom. The molecule has 2 heterocycles. The Hall–Kier alpha value is -1.14. The number of aromatic nitrogens is 3. The molecule has 0 radical (unpaired) electrons. The first-order valence-electron chi connectivity index (χ1n) is 5.11. The molecule has 1 saturated heterocycles. The average molecular weight is 247 g/mol. The topological polar surface area (TPSA) is 69.0 Å². The lowest BCUT2D eigenvalue weighted by molar-refractivity contribution is 0.0509. The highest BCUT2D eigenvalue weighted by Crippen LogP contribution is 2.15. The molecule has 0 bridgehead atoms. The standard InChI is InChI=1S/C9H14N4O2.ClH/c1-2-15-9(14)8-6-11-12-13(8)7-3-4-10-5-7;/h6-7,10H,2-5H2,1H3;1H. The van der Waals surface area contributed by atoms with E-state index in [9.17, 15) is 4.79 Å². The van der Waals surface area contributed by atoms with E-state index in [-0.39, 0.29) is 24.4 Å². The minimum atomic E-state index is -0.352. The van der Waals surface area contributed by atoms with Crippen molar-refractivity contribution in [3.63, 3.8) is 0 Å². The monoisotopic (exact) mass is 246 g/mol. The van der Waals surface area contributed by atoms with E-state index in [2.05, 4.69) is 15.6 Å².